The van der Waals surface area contributed by atoms with Crippen LogP contribution in [0, 0.1) is 24.0 Å². The summed E-state index contributed by atoms with van der Waals surface area (Å²) >= 11 is 0. The van der Waals surface area contributed by atoms with Crippen molar-refractivity contribution in [2.75, 3.05) is 30.4 Å². The molecular weight excluding hydrogens is 408 g/mol. The summed E-state index contributed by atoms with van der Waals surface area (Å²) in [4.78, 5) is 46.5. The standard InChI is InChI=1S/C20H22N4O7/c1-12-3-4-14(9-13(12)2)22-20(28)23-18(26)11-31-19(27)16-10-15(24(29)30)5-6-17(16)21-7-8-25/h3-6,9-10,21,25H,7-8,11H2,1-2H3,(H2,22,23,26,28). The number of aliphatic hydroxyl groups is 1. The average Bonchev–Trinajstić information content (AvgIpc) is 2.72. The summed E-state index contributed by atoms with van der Waals surface area (Å²) < 4.78 is 4.88. The largest absolute Gasteiger partial charge is 0.452 e. The van der Waals surface area contributed by atoms with E-state index in [-0.39, 0.29) is 30.1 Å². The fourth-order valence-electron chi connectivity index (χ4n) is 2.51. The van der Waals surface area contributed by atoms with Crippen LogP contribution in [0.4, 0.5) is 21.9 Å². The van der Waals surface area contributed by atoms with Crippen LogP contribution in [0.25, 0.3) is 0 Å². The lowest BCUT2D eigenvalue weighted by molar-refractivity contribution is -0.384. The van der Waals surface area contributed by atoms with Crippen LogP contribution in [0.1, 0.15) is 21.5 Å². The van der Waals surface area contributed by atoms with Gasteiger partial charge in [0.05, 0.1) is 17.1 Å². The van der Waals surface area contributed by atoms with E-state index in [2.05, 4.69) is 10.6 Å². The van der Waals surface area contributed by atoms with E-state index >= 15 is 0 Å². The van der Waals surface area contributed by atoms with Crippen molar-refractivity contribution in [1.29, 1.82) is 0 Å². The summed E-state index contributed by atoms with van der Waals surface area (Å²) in [6.45, 7) is 2.88. The van der Waals surface area contributed by atoms with Gasteiger partial charge in [-0.05, 0) is 43.2 Å². The first kappa shape index (κ1) is 23.3. The Hall–Kier alpha value is -3.99. The van der Waals surface area contributed by atoms with E-state index in [0.717, 1.165) is 17.2 Å². The molecule has 4 N–H and O–H groups in total. The lowest BCUT2D eigenvalue weighted by Crippen LogP contribution is -2.37. The van der Waals surface area contributed by atoms with Gasteiger partial charge >= 0.3 is 12.0 Å². The number of amides is 3. The van der Waals surface area contributed by atoms with Crippen molar-refractivity contribution in [2.45, 2.75) is 13.8 Å². The maximum Gasteiger partial charge on any atom is 0.341 e. The number of carbonyl (C=O) groups is 3. The number of nitro benzene ring substituents is 1. The van der Waals surface area contributed by atoms with Crippen LogP contribution in [-0.2, 0) is 9.53 Å². The number of esters is 1. The summed E-state index contributed by atoms with van der Waals surface area (Å²) in [6.07, 6.45) is 0. The molecule has 0 saturated heterocycles. The van der Waals surface area contributed by atoms with Crippen molar-refractivity contribution in [2.24, 2.45) is 0 Å². The summed E-state index contributed by atoms with van der Waals surface area (Å²) in [5.41, 5.74) is 2.15. The number of benzene rings is 2. The van der Waals surface area contributed by atoms with E-state index < -0.39 is 29.4 Å². The second kappa shape index (κ2) is 10.7. The van der Waals surface area contributed by atoms with Crippen LogP contribution >= 0.6 is 0 Å². The van der Waals surface area contributed by atoms with Crippen molar-refractivity contribution in [3.05, 3.63) is 63.2 Å². The summed E-state index contributed by atoms with van der Waals surface area (Å²) in [5, 5.41) is 27.1. The van der Waals surface area contributed by atoms with Crippen LogP contribution in [0.3, 0.4) is 0 Å². The molecule has 0 unspecified atom stereocenters. The van der Waals surface area contributed by atoms with Crippen LogP contribution in [-0.4, -0.2) is 47.7 Å². The molecule has 11 heteroatoms. The molecule has 0 aliphatic heterocycles. The first-order valence-corrected chi connectivity index (χ1v) is 9.19. The number of aryl methyl sites for hydroxylation is 2. The number of aliphatic hydroxyl groups excluding tert-OH is 1. The van der Waals surface area contributed by atoms with Crippen molar-refractivity contribution in [3.63, 3.8) is 0 Å². The van der Waals surface area contributed by atoms with Gasteiger partial charge in [-0.3, -0.25) is 20.2 Å². The number of imide groups is 1. The van der Waals surface area contributed by atoms with E-state index in [1.165, 1.54) is 12.1 Å². The lowest BCUT2D eigenvalue weighted by Gasteiger charge is -2.11. The molecule has 0 atom stereocenters. The van der Waals surface area contributed by atoms with Gasteiger partial charge in [-0.15, -0.1) is 0 Å². The molecule has 0 saturated carbocycles. The first-order valence-electron chi connectivity index (χ1n) is 9.19. The molecular formula is C20H22N4O7. The molecule has 164 valence electrons. The maximum absolute atomic E-state index is 12.3. The summed E-state index contributed by atoms with van der Waals surface area (Å²) in [7, 11) is 0. The van der Waals surface area contributed by atoms with Crippen molar-refractivity contribution >= 4 is 35.0 Å². The van der Waals surface area contributed by atoms with Gasteiger partial charge in [-0.1, -0.05) is 6.07 Å². The number of hydrogen-bond donors (Lipinski definition) is 4. The average molecular weight is 430 g/mol. The molecule has 0 aliphatic rings. The van der Waals surface area contributed by atoms with Crippen LogP contribution in [0.15, 0.2) is 36.4 Å². The monoisotopic (exact) mass is 430 g/mol. The minimum absolute atomic E-state index is 0.0945. The third-order valence-corrected chi connectivity index (χ3v) is 4.21. The number of urea groups is 1. The number of carbonyl (C=O) groups excluding carboxylic acids is 3. The predicted octanol–water partition coefficient (Wildman–Crippen LogP) is 2.12. The van der Waals surface area contributed by atoms with E-state index in [1.807, 2.05) is 25.2 Å². The molecule has 0 radical (unpaired) electrons. The maximum atomic E-state index is 12.3. The Balaban J connectivity index is 1.97. The number of nitrogens with zero attached hydrogens (tertiary/aromatic N) is 1. The Morgan fingerprint density at radius 3 is 2.48 bits per heavy atom. The Kier molecular flexibility index (Phi) is 8.03. The molecule has 31 heavy (non-hydrogen) atoms. The van der Waals surface area contributed by atoms with Crippen LogP contribution in [0.5, 0.6) is 0 Å². The predicted molar refractivity (Wildman–Crippen MR) is 112 cm³/mol. The normalized spacial score (nSPS) is 10.2. The zero-order chi connectivity index (χ0) is 23.0. The number of nitrogens with one attached hydrogen (secondary N) is 3. The van der Waals surface area contributed by atoms with Gasteiger partial charge in [0, 0.05) is 30.1 Å². The van der Waals surface area contributed by atoms with E-state index in [0.29, 0.717) is 5.69 Å². The third kappa shape index (κ3) is 6.78. The highest BCUT2D eigenvalue weighted by Crippen LogP contribution is 2.23. The number of ether oxygens (including phenoxy) is 1. The fraction of sp³-hybridized carbons (Fsp3) is 0.250. The van der Waals surface area contributed by atoms with Crippen molar-refractivity contribution in [3.8, 4) is 0 Å². The SMILES string of the molecule is Cc1ccc(NC(=O)NC(=O)COC(=O)c2cc([N+](=O)[O-])ccc2NCCO)cc1C. The second-order valence-corrected chi connectivity index (χ2v) is 6.51. The summed E-state index contributed by atoms with van der Waals surface area (Å²) in [5.74, 6) is -1.89. The molecule has 11 nitrogen and oxygen atoms in total. The quantitative estimate of drug-likeness (QED) is 0.281. The molecule has 2 aromatic rings. The van der Waals surface area contributed by atoms with Gasteiger partial charge in [0.2, 0.25) is 0 Å². The van der Waals surface area contributed by atoms with Gasteiger partial charge in [0.15, 0.2) is 6.61 Å². The van der Waals surface area contributed by atoms with E-state index in [9.17, 15) is 24.5 Å². The molecule has 0 aromatic heterocycles. The number of rotatable bonds is 8. The Morgan fingerprint density at radius 1 is 1.10 bits per heavy atom. The van der Waals surface area contributed by atoms with Crippen molar-refractivity contribution in [1.82, 2.24) is 5.32 Å². The third-order valence-electron chi connectivity index (χ3n) is 4.21. The zero-order valence-electron chi connectivity index (χ0n) is 16.9. The van der Waals surface area contributed by atoms with Gasteiger partial charge in [-0.2, -0.15) is 0 Å². The molecule has 2 aromatic carbocycles. The van der Waals surface area contributed by atoms with E-state index in [4.69, 9.17) is 9.84 Å². The first-order chi connectivity index (χ1) is 14.7. The zero-order valence-corrected chi connectivity index (χ0v) is 16.9. The molecule has 0 fully saturated rings. The highest BCUT2D eigenvalue weighted by atomic mass is 16.6. The molecule has 3 amide bonds. The molecule has 0 bridgehead atoms. The molecule has 0 aliphatic carbocycles. The van der Waals surface area contributed by atoms with Gasteiger partial charge in [0.25, 0.3) is 11.6 Å². The number of nitro groups is 1. The smallest absolute Gasteiger partial charge is 0.341 e. The number of hydrogen-bond acceptors (Lipinski definition) is 8. The molecule has 0 spiro atoms. The lowest BCUT2D eigenvalue weighted by atomic mass is 10.1. The Labute approximate surface area is 177 Å². The number of anilines is 2. The number of non-ortho nitro benzene ring substituents is 1. The minimum atomic E-state index is -1.01. The fourth-order valence-corrected chi connectivity index (χ4v) is 2.51. The summed E-state index contributed by atoms with van der Waals surface area (Å²) in [6, 6.07) is 7.90. The minimum Gasteiger partial charge on any atom is -0.452 e. The molecule has 2 rings (SSSR count). The second-order valence-electron chi connectivity index (χ2n) is 6.51. The van der Waals surface area contributed by atoms with Gasteiger partial charge < -0.3 is 20.5 Å². The molecule has 0 heterocycles. The van der Waals surface area contributed by atoms with Crippen molar-refractivity contribution < 1.29 is 29.2 Å². The van der Waals surface area contributed by atoms with Gasteiger partial charge in [-0.25, -0.2) is 9.59 Å². The van der Waals surface area contributed by atoms with Gasteiger partial charge in [0.1, 0.15) is 0 Å². The highest BCUT2D eigenvalue weighted by molar-refractivity contribution is 6.03. The van der Waals surface area contributed by atoms with Crippen LogP contribution < -0.4 is 16.0 Å². The Bertz CT molecular complexity index is 1010. The van der Waals surface area contributed by atoms with Crippen LogP contribution in [0.2, 0.25) is 0 Å². The topological polar surface area (TPSA) is 160 Å². The Morgan fingerprint density at radius 2 is 1.84 bits per heavy atom. The highest BCUT2D eigenvalue weighted by Gasteiger charge is 2.19. The van der Waals surface area contributed by atoms with E-state index in [1.54, 1.807) is 12.1 Å².